The first-order chi connectivity index (χ1) is 13.6. The van der Waals surface area contributed by atoms with Crippen LogP contribution in [0.4, 0.5) is 10.1 Å². The topological polar surface area (TPSA) is 45.6 Å². The summed E-state index contributed by atoms with van der Waals surface area (Å²) in [6.07, 6.45) is 3.53. The highest BCUT2D eigenvalue weighted by atomic mass is 35.5. The van der Waals surface area contributed by atoms with Gasteiger partial charge in [0.25, 0.3) is 0 Å². The summed E-state index contributed by atoms with van der Waals surface area (Å²) in [7, 11) is 0. The van der Waals surface area contributed by atoms with Crippen molar-refractivity contribution in [2.24, 2.45) is 0 Å². The van der Waals surface area contributed by atoms with Crippen molar-refractivity contribution >= 4 is 28.6 Å². The van der Waals surface area contributed by atoms with E-state index >= 15 is 0 Å². The quantitative estimate of drug-likeness (QED) is 0.623. The van der Waals surface area contributed by atoms with E-state index in [1.54, 1.807) is 6.20 Å². The molecule has 0 spiro atoms. The lowest BCUT2D eigenvalue weighted by molar-refractivity contribution is 0.170. The lowest BCUT2D eigenvalue weighted by atomic mass is 10.1. The van der Waals surface area contributed by atoms with Crippen LogP contribution in [0.1, 0.15) is 17.8 Å². The summed E-state index contributed by atoms with van der Waals surface area (Å²) in [5.74, 6) is 0.0697. The number of aromatic nitrogens is 1. The van der Waals surface area contributed by atoms with Crippen LogP contribution < -0.4 is 9.64 Å². The molecule has 3 aromatic rings. The van der Waals surface area contributed by atoms with Crippen LogP contribution in [-0.2, 0) is 6.61 Å². The molecule has 0 unspecified atom stereocenters. The summed E-state index contributed by atoms with van der Waals surface area (Å²) in [6.45, 7) is 1.71. The number of aliphatic hydroxyl groups is 1. The first-order valence-corrected chi connectivity index (χ1v) is 10.3. The molecule has 1 fully saturated rings. The first-order valence-electron chi connectivity index (χ1n) is 9.15. The Morgan fingerprint density at radius 1 is 1.18 bits per heavy atom. The Balaban J connectivity index is 1.36. The fourth-order valence-corrected chi connectivity index (χ4v) is 4.28. The standard InChI is InChI=1S/C21H20ClFN2O2S/c22-18-6-3-15(23)11-19(18)27-17-7-9-25(10-8-17)16-4-1-14(2-5-16)20-12-24-21(13-26)28-20/h1-6,11-12,17,26H,7-10,13H2. The van der Waals surface area contributed by atoms with E-state index < -0.39 is 0 Å². The zero-order chi connectivity index (χ0) is 19.5. The molecule has 0 radical (unpaired) electrons. The van der Waals surface area contributed by atoms with Crippen molar-refractivity contribution in [2.75, 3.05) is 18.0 Å². The highest BCUT2D eigenvalue weighted by Gasteiger charge is 2.22. The smallest absolute Gasteiger partial charge is 0.141 e. The molecule has 1 aromatic heterocycles. The fraction of sp³-hybridized carbons (Fsp3) is 0.286. The molecule has 0 bridgehead atoms. The third-order valence-electron chi connectivity index (χ3n) is 4.83. The van der Waals surface area contributed by atoms with Crippen molar-refractivity contribution in [3.8, 4) is 16.2 Å². The predicted octanol–water partition coefficient (Wildman–Crippen LogP) is 5.14. The number of rotatable bonds is 5. The highest BCUT2D eigenvalue weighted by molar-refractivity contribution is 7.15. The third-order valence-corrected chi connectivity index (χ3v) is 6.18. The maximum atomic E-state index is 13.4. The number of hydrogen-bond donors (Lipinski definition) is 1. The number of nitrogens with zero attached hydrogens (tertiary/aromatic N) is 2. The molecule has 1 saturated heterocycles. The van der Waals surface area contributed by atoms with Crippen LogP contribution in [0.5, 0.6) is 5.75 Å². The molecule has 0 saturated carbocycles. The number of anilines is 1. The third kappa shape index (κ3) is 4.29. The van der Waals surface area contributed by atoms with Crippen molar-refractivity contribution in [1.29, 1.82) is 0 Å². The van der Waals surface area contributed by atoms with Gasteiger partial charge in [0.1, 0.15) is 22.7 Å². The molecule has 1 aliphatic heterocycles. The second kappa shape index (κ2) is 8.47. The van der Waals surface area contributed by atoms with E-state index in [2.05, 4.69) is 34.1 Å². The van der Waals surface area contributed by atoms with Crippen LogP contribution >= 0.6 is 22.9 Å². The van der Waals surface area contributed by atoms with Crippen molar-refractivity contribution in [2.45, 2.75) is 25.6 Å². The lowest BCUT2D eigenvalue weighted by Crippen LogP contribution is -2.38. The number of halogens is 2. The molecule has 146 valence electrons. The minimum atomic E-state index is -0.344. The largest absolute Gasteiger partial charge is 0.489 e. The fourth-order valence-electron chi connectivity index (χ4n) is 3.33. The Labute approximate surface area is 172 Å². The molecule has 2 heterocycles. The number of piperidine rings is 1. The van der Waals surface area contributed by atoms with E-state index in [0.717, 1.165) is 47.1 Å². The summed E-state index contributed by atoms with van der Waals surface area (Å²) in [6, 6.07) is 12.6. The van der Waals surface area contributed by atoms with Crippen molar-refractivity contribution in [1.82, 2.24) is 4.98 Å². The highest BCUT2D eigenvalue weighted by Crippen LogP contribution is 2.31. The van der Waals surface area contributed by atoms with Gasteiger partial charge in [-0.25, -0.2) is 9.37 Å². The van der Waals surface area contributed by atoms with Crippen LogP contribution in [0.25, 0.3) is 10.4 Å². The van der Waals surface area contributed by atoms with E-state index in [1.165, 1.54) is 29.5 Å². The molecule has 7 heteroatoms. The van der Waals surface area contributed by atoms with Crippen LogP contribution in [0, 0.1) is 5.82 Å². The lowest BCUT2D eigenvalue weighted by Gasteiger charge is -2.34. The Kier molecular flexibility index (Phi) is 5.80. The maximum absolute atomic E-state index is 13.4. The minimum absolute atomic E-state index is 0.0272. The van der Waals surface area contributed by atoms with Gasteiger partial charge in [-0.3, -0.25) is 0 Å². The summed E-state index contributed by atoms with van der Waals surface area (Å²) >= 11 is 7.60. The summed E-state index contributed by atoms with van der Waals surface area (Å²) in [5.41, 5.74) is 2.26. The van der Waals surface area contributed by atoms with E-state index in [4.69, 9.17) is 21.4 Å². The maximum Gasteiger partial charge on any atom is 0.141 e. The molecule has 1 N–H and O–H groups in total. The summed E-state index contributed by atoms with van der Waals surface area (Å²) < 4.78 is 19.3. The van der Waals surface area contributed by atoms with Gasteiger partial charge in [-0.1, -0.05) is 23.7 Å². The Morgan fingerprint density at radius 2 is 1.93 bits per heavy atom. The Bertz CT molecular complexity index is 940. The number of hydrogen-bond acceptors (Lipinski definition) is 5. The average Bonchev–Trinajstić information content (AvgIpc) is 3.21. The van der Waals surface area contributed by atoms with Gasteiger partial charge in [0, 0.05) is 43.9 Å². The molecule has 0 amide bonds. The first kappa shape index (κ1) is 19.2. The van der Waals surface area contributed by atoms with Crippen LogP contribution in [0.2, 0.25) is 5.02 Å². The molecule has 4 nitrogen and oxygen atoms in total. The van der Waals surface area contributed by atoms with Crippen LogP contribution in [0.3, 0.4) is 0 Å². The number of benzene rings is 2. The van der Waals surface area contributed by atoms with E-state index in [9.17, 15) is 4.39 Å². The van der Waals surface area contributed by atoms with Crippen molar-refractivity contribution in [3.63, 3.8) is 0 Å². The van der Waals surface area contributed by atoms with Crippen LogP contribution in [0.15, 0.2) is 48.7 Å². The van der Waals surface area contributed by atoms with E-state index in [-0.39, 0.29) is 18.5 Å². The van der Waals surface area contributed by atoms with E-state index in [0.29, 0.717) is 10.8 Å². The molecule has 2 aromatic carbocycles. The molecule has 0 aliphatic carbocycles. The van der Waals surface area contributed by atoms with Gasteiger partial charge in [0.05, 0.1) is 16.5 Å². The molecule has 0 atom stereocenters. The van der Waals surface area contributed by atoms with Crippen molar-refractivity contribution in [3.05, 3.63) is 64.5 Å². The van der Waals surface area contributed by atoms with Crippen LogP contribution in [-0.4, -0.2) is 29.3 Å². The summed E-state index contributed by atoms with van der Waals surface area (Å²) in [5, 5.41) is 10.3. The van der Waals surface area contributed by atoms with E-state index in [1.807, 2.05) is 0 Å². The van der Waals surface area contributed by atoms with Gasteiger partial charge in [0.15, 0.2) is 0 Å². The van der Waals surface area contributed by atoms with Crippen molar-refractivity contribution < 1.29 is 14.2 Å². The monoisotopic (exact) mass is 418 g/mol. The second-order valence-corrected chi connectivity index (χ2v) is 8.22. The van der Waals surface area contributed by atoms with Gasteiger partial charge in [-0.2, -0.15) is 0 Å². The molecule has 1 aliphatic rings. The van der Waals surface area contributed by atoms with Gasteiger partial charge in [-0.05, 0) is 29.8 Å². The Hall–Kier alpha value is -2.15. The molecule has 28 heavy (non-hydrogen) atoms. The van der Waals surface area contributed by atoms with Gasteiger partial charge in [0.2, 0.25) is 0 Å². The minimum Gasteiger partial charge on any atom is -0.489 e. The normalized spacial score (nSPS) is 15.0. The summed E-state index contributed by atoms with van der Waals surface area (Å²) in [4.78, 5) is 7.56. The van der Waals surface area contributed by atoms with Gasteiger partial charge in [-0.15, -0.1) is 11.3 Å². The Morgan fingerprint density at radius 3 is 2.61 bits per heavy atom. The molecule has 4 rings (SSSR count). The SMILES string of the molecule is OCc1ncc(-c2ccc(N3CCC(Oc4cc(F)ccc4Cl)CC3)cc2)s1. The average molecular weight is 419 g/mol. The second-order valence-electron chi connectivity index (χ2n) is 6.70. The van der Waals surface area contributed by atoms with Gasteiger partial charge < -0.3 is 14.7 Å². The predicted molar refractivity (Wildman–Crippen MR) is 111 cm³/mol. The molecular weight excluding hydrogens is 399 g/mol. The molecular formula is C21H20ClFN2O2S. The number of aliphatic hydroxyl groups excluding tert-OH is 1. The zero-order valence-electron chi connectivity index (χ0n) is 15.1. The number of ether oxygens (including phenoxy) is 1. The number of thiazole rings is 1. The zero-order valence-corrected chi connectivity index (χ0v) is 16.7. The van der Waals surface area contributed by atoms with Gasteiger partial charge >= 0.3 is 0 Å².